The highest BCUT2D eigenvalue weighted by atomic mass is 16.5. The Hall–Kier alpha value is -3.08. The van der Waals surface area contributed by atoms with Crippen LogP contribution >= 0.6 is 0 Å². The number of carbonyl (C=O) groups is 2. The molecule has 0 unspecified atom stereocenters. The van der Waals surface area contributed by atoms with Gasteiger partial charge in [-0.15, -0.1) is 0 Å². The number of esters is 1. The summed E-state index contributed by atoms with van der Waals surface area (Å²) in [4.78, 5) is 24.8. The van der Waals surface area contributed by atoms with Crippen molar-refractivity contribution in [1.29, 1.82) is 0 Å². The molecular weight excluding hydrogens is 356 g/mol. The van der Waals surface area contributed by atoms with Gasteiger partial charge < -0.3 is 14.6 Å². The lowest BCUT2D eigenvalue weighted by Gasteiger charge is -2.17. The van der Waals surface area contributed by atoms with Crippen LogP contribution in [0.15, 0.2) is 48.5 Å². The van der Waals surface area contributed by atoms with Crippen LogP contribution in [0.25, 0.3) is 11.6 Å². The molecule has 0 heterocycles. The standard InChI is InChI=1S/C23H26O5/c1-5-27-20-14-16(11-12-19(20)24)13-18(17-9-7-6-8-10-17)22(26)28-15-21(25)23(2,3)4/h6-14,24H,5,15H2,1-4H3/b18-13+. The maximum atomic E-state index is 12.7. The van der Waals surface area contributed by atoms with Gasteiger partial charge in [-0.1, -0.05) is 57.2 Å². The first-order valence-electron chi connectivity index (χ1n) is 9.15. The summed E-state index contributed by atoms with van der Waals surface area (Å²) in [6.45, 7) is 7.28. The average Bonchev–Trinajstić information content (AvgIpc) is 2.66. The fourth-order valence-electron chi connectivity index (χ4n) is 2.36. The van der Waals surface area contributed by atoms with Crippen LogP contribution in [0, 0.1) is 5.41 Å². The summed E-state index contributed by atoms with van der Waals surface area (Å²) in [5.74, 6) is -0.384. The quantitative estimate of drug-likeness (QED) is 0.434. The molecule has 0 spiro atoms. The van der Waals surface area contributed by atoms with Gasteiger partial charge in [0.25, 0.3) is 0 Å². The van der Waals surface area contributed by atoms with E-state index in [1.807, 2.05) is 25.1 Å². The van der Waals surface area contributed by atoms with Gasteiger partial charge in [-0.05, 0) is 36.3 Å². The van der Waals surface area contributed by atoms with E-state index in [2.05, 4.69) is 0 Å². The maximum absolute atomic E-state index is 12.7. The van der Waals surface area contributed by atoms with Gasteiger partial charge in [-0.3, -0.25) is 4.79 Å². The number of Topliss-reactive ketones (excluding diaryl/α,β-unsaturated/α-hetero) is 1. The van der Waals surface area contributed by atoms with Crippen LogP contribution in [-0.4, -0.2) is 30.1 Å². The lowest BCUT2D eigenvalue weighted by molar-refractivity contribution is -0.144. The molecule has 0 fully saturated rings. The second-order valence-electron chi connectivity index (χ2n) is 7.33. The summed E-state index contributed by atoms with van der Waals surface area (Å²) in [5, 5.41) is 9.87. The number of phenols is 1. The second-order valence-corrected chi connectivity index (χ2v) is 7.33. The van der Waals surface area contributed by atoms with E-state index in [1.165, 1.54) is 6.07 Å². The zero-order chi connectivity index (χ0) is 20.7. The predicted molar refractivity (Wildman–Crippen MR) is 109 cm³/mol. The first-order chi connectivity index (χ1) is 13.2. The van der Waals surface area contributed by atoms with Gasteiger partial charge in [-0.25, -0.2) is 4.79 Å². The van der Waals surface area contributed by atoms with Crippen LogP contribution < -0.4 is 4.74 Å². The molecule has 5 heteroatoms. The number of ether oxygens (including phenoxy) is 2. The first kappa shape index (κ1) is 21.2. The summed E-state index contributed by atoms with van der Waals surface area (Å²) in [7, 11) is 0. The van der Waals surface area contributed by atoms with E-state index in [1.54, 1.807) is 51.1 Å². The number of carbonyl (C=O) groups excluding carboxylic acids is 2. The minimum atomic E-state index is -0.588. The lowest BCUT2D eigenvalue weighted by atomic mass is 9.91. The summed E-state index contributed by atoms with van der Waals surface area (Å²) >= 11 is 0. The Balaban J connectivity index is 2.35. The van der Waals surface area contributed by atoms with Crippen LogP contribution in [0.3, 0.4) is 0 Å². The van der Waals surface area contributed by atoms with E-state index in [4.69, 9.17) is 9.47 Å². The van der Waals surface area contributed by atoms with Crippen LogP contribution in [0.5, 0.6) is 11.5 Å². The predicted octanol–water partition coefficient (Wildman–Crippen LogP) is 4.49. The van der Waals surface area contributed by atoms with Crippen LogP contribution in [0.4, 0.5) is 0 Å². The third kappa shape index (κ3) is 5.71. The third-order valence-corrected chi connectivity index (χ3v) is 4.07. The highest BCUT2D eigenvalue weighted by Gasteiger charge is 2.23. The smallest absolute Gasteiger partial charge is 0.339 e. The monoisotopic (exact) mass is 382 g/mol. The van der Waals surface area contributed by atoms with Crippen LogP contribution in [0.2, 0.25) is 0 Å². The van der Waals surface area contributed by atoms with E-state index in [0.29, 0.717) is 29.1 Å². The zero-order valence-corrected chi connectivity index (χ0v) is 16.7. The molecule has 2 rings (SSSR count). The van der Waals surface area contributed by atoms with Gasteiger partial charge in [-0.2, -0.15) is 0 Å². The number of hydrogen-bond donors (Lipinski definition) is 1. The molecule has 0 aromatic heterocycles. The molecule has 0 aliphatic rings. The number of phenolic OH excluding ortho intramolecular Hbond substituents is 1. The molecule has 0 bridgehead atoms. The summed E-state index contributed by atoms with van der Waals surface area (Å²) < 4.78 is 10.7. The molecule has 0 amide bonds. The molecule has 0 radical (unpaired) electrons. The molecule has 28 heavy (non-hydrogen) atoms. The lowest BCUT2D eigenvalue weighted by Crippen LogP contribution is -2.26. The van der Waals surface area contributed by atoms with Crippen LogP contribution in [-0.2, 0) is 14.3 Å². The van der Waals surface area contributed by atoms with E-state index in [0.717, 1.165) is 0 Å². The number of benzene rings is 2. The Morgan fingerprint density at radius 2 is 1.75 bits per heavy atom. The Labute approximate surface area is 165 Å². The summed E-state index contributed by atoms with van der Waals surface area (Å²) in [5.41, 5.74) is 1.07. The fourth-order valence-corrected chi connectivity index (χ4v) is 2.36. The summed E-state index contributed by atoms with van der Waals surface area (Å²) in [6.07, 6.45) is 1.65. The number of rotatable bonds is 7. The van der Waals surface area contributed by atoms with Crippen molar-refractivity contribution < 1.29 is 24.2 Å². The Morgan fingerprint density at radius 3 is 2.36 bits per heavy atom. The SMILES string of the molecule is CCOc1cc(/C=C(/C(=O)OCC(=O)C(C)(C)C)c2ccccc2)ccc1O. The molecule has 0 saturated carbocycles. The average molecular weight is 382 g/mol. The number of aromatic hydroxyl groups is 1. The van der Waals surface area contributed by atoms with Crippen LogP contribution in [0.1, 0.15) is 38.8 Å². The topological polar surface area (TPSA) is 72.8 Å². The van der Waals surface area contributed by atoms with Crippen molar-refractivity contribution in [3.63, 3.8) is 0 Å². The van der Waals surface area contributed by atoms with Crippen molar-refractivity contribution in [3.8, 4) is 11.5 Å². The van der Waals surface area contributed by atoms with Gasteiger partial charge in [0, 0.05) is 5.41 Å². The van der Waals surface area contributed by atoms with E-state index in [-0.39, 0.29) is 18.1 Å². The largest absolute Gasteiger partial charge is 0.504 e. The molecule has 0 aliphatic carbocycles. The molecule has 148 valence electrons. The van der Waals surface area contributed by atoms with Crippen molar-refractivity contribution in [2.24, 2.45) is 5.41 Å². The van der Waals surface area contributed by atoms with Gasteiger partial charge in [0.2, 0.25) is 0 Å². The third-order valence-electron chi connectivity index (χ3n) is 4.07. The van der Waals surface area contributed by atoms with Gasteiger partial charge >= 0.3 is 5.97 Å². The highest BCUT2D eigenvalue weighted by Crippen LogP contribution is 2.29. The van der Waals surface area contributed by atoms with Crippen molar-refractivity contribution in [2.75, 3.05) is 13.2 Å². The Bertz CT molecular complexity index is 860. The molecule has 0 aliphatic heterocycles. The van der Waals surface area contributed by atoms with Crippen molar-refractivity contribution in [1.82, 2.24) is 0 Å². The normalized spacial score (nSPS) is 11.8. The number of hydrogen-bond acceptors (Lipinski definition) is 5. The number of ketones is 1. The minimum absolute atomic E-state index is 0.0265. The Kier molecular flexibility index (Phi) is 6.99. The second kappa shape index (κ2) is 9.22. The van der Waals surface area contributed by atoms with Crippen molar-refractivity contribution in [3.05, 3.63) is 59.7 Å². The van der Waals surface area contributed by atoms with Crippen molar-refractivity contribution in [2.45, 2.75) is 27.7 Å². The molecule has 0 atom stereocenters. The van der Waals surface area contributed by atoms with Gasteiger partial charge in [0.1, 0.15) is 0 Å². The van der Waals surface area contributed by atoms with Gasteiger partial charge in [0.05, 0.1) is 12.2 Å². The van der Waals surface area contributed by atoms with Crippen molar-refractivity contribution >= 4 is 23.4 Å². The highest BCUT2D eigenvalue weighted by molar-refractivity contribution is 6.21. The molecule has 5 nitrogen and oxygen atoms in total. The molecular formula is C23H26O5. The Morgan fingerprint density at radius 1 is 1.07 bits per heavy atom. The van der Waals surface area contributed by atoms with E-state index < -0.39 is 11.4 Å². The zero-order valence-electron chi connectivity index (χ0n) is 16.7. The molecule has 0 saturated heterocycles. The van der Waals surface area contributed by atoms with Gasteiger partial charge in [0.15, 0.2) is 23.9 Å². The van der Waals surface area contributed by atoms with E-state index >= 15 is 0 Å². The molecule has 2 aromatic rings. The van der Waals surface area contributed by atoms with E-state index in [9.17, 15) is 14.7 Å². The minimum Gasteiger partial charge on any atom is -0.504 e. The first-order valence-corrected chi connectivity index (χ1v) is 9.15. The fraction of sp³-hybridized carbons (Fsp3) is 0.304. The maximum Gasteiger partial charge on any atom is 0.339 e. The molecule has 2 aromatic carbocycles. The molecule has 1 N–H and O–H groups in total. The summed E-state index contributed by atoms with van der Waals surface area (Å²) in [6, 6.07) is 13.9.